The number of carbonyl (C=O) groups is 1. The number of aryl methyl sites for hydroxylation is 2. The molecular formula is C24H18N2O. The van der Waals surface area contributed by atoms with Crippen LogP contribution in [0.3, 0.4) is 0 Å². The Labute approximate surface area is 156 Å². The highest BCUT2D eigenvalue weighted by Crippen LogP contribution is 2.36. The van der Waals surface area contributed by atoms with Crippen LogP contribution in [0.4, 0.5) is 0 Å². The molecule has 1 N–H and O–H groups in total. The minimum Gasteiger partial charge on any atom is -0.354 e. The molecule has 27 heavy (non-hydrogen) atoms. The van der Waals surface area contributed by atoms with Crippen LogP contribution < -0.4 is 0 Å². The van der Waals surface area contributed by atoms with E-state index in [9.17, 15) is 4.79 Å². The van der Waals surface area contributed by atoms with Gasteiger partial charge in [0.15, 0.2) is 5.78 Å². The summed E-state index contributed by atoms with van der Waals surface area (Å²) >= 11 is 0. The van der Waals surface area contributed by atoms with E-state index in [1.54, 1.807) is 0 Å². The number of H-pyrrole nitrogens is 1. The zero-order valence-corrected chi connectivity index (χ0v) is 15.2. The van der Waals surface area contributed by atoms with Gasteiger partial charge in [-0.1, -0.05) is 30.3 Å². The molecule has 0 radical (unpaired) electrons. The molecule has 0 aliphatic carbocycles. The average molecular weight is 350 g/mol. The molecule has 0 atom stereocenters. The van der Waals surface area contributed by atoms with Gasteiger partial charge in [0, 0.05) is 45.2 Å². The van der Waals surface area contributed by atoms with E-state index in [1.807, 2.05) is 60.9 Å². The summed E-state index contributed by atoms with van der Waals surface area (Å²) < 4.78 is 0. The second-order valence-electron chi connectivity index (χ2n) is 7.00. The third kappa shape index (κ3) is 2.28. The van der Waals surface area contributed by atoms with E-state index in [-0.39, 0.29) is 5.78 Å². The van der Waals surface area contributed by atoms with Gasteiger partial charge in [-0.2, -0.15) is 0 Å². The number of rotatable bonds is 2. The van der Waals surface area contributed by atoms with Gasteiger partial charge in [-0.25, -0.2) is 0 Å². The van der Waals surface area contributed by atoms with Gasteiger partial charge in [-0.05, 0) is 54.6 Å². The molecular weight excluding hydrogens is 332 g/mol. The maximum Gasteiger partial charge on any atom is 0.193 e. The van der Waals surface area contributed by atoms with E-state index < -0.39 is 0 Å². The van der Waals surface area contributed by atoms with Crippen molar-refractivity contribution in [3.63, 3.8) is 0 Å². The fraction of sp³-hybridized carbons (Fsp3) is 0.0833. The Morgan fingerprint density at radius 3 is 2.48 bits per heavy atom. The molecule has 0 bridgehead atoms. The van der Waals surface area contributed by atoms with E-state index in [2.05, 4.69) is 29.9 Å². The first-order chi connectivity index (χ1) is 13.1. The van der Waals surface area contributed by atoms with Gasteiger partial charge in [-0.3, -0.25) is 9.78 Å². The highest BCUT2D eigenvalue weighted by atomic mass is 16.1. The van der Waals surface area contributed by atoms with Crippen molar-refractivity contribution in [1.82, 2.24) is 9.97 Å². The summed E-state index contributed by atoms with van der Waals surface area (Å²) in [5.74, 6) is 0.0451. The van der Waals surface area contributed by atoms with Crippen LogP contribution in [-0.4, -0.2) is 15.8 Å². The fourth-order valence-corrected chi connectivity index (χ4v) is 4.05. The lowest BCUT2D eigenvalue weighted by Gasteiger charge is -2.08. The zero-order chi connectivity index (χ0) is 18.5. The quantitative estimate of drug-likeness (QED) is 0.414. The van der Waals surface area contributed by atoms with Gasteiger partial charge in [0.1, 0.15) is 0 Å². The minimum absolute atomic E-state index is 0.0451. The Bertz CT molecular complexity index is 1350. The normalized spacial score (nSPS) is 11.5. The maximum atomic E-state index is 12.9. The number of carbonyl (C=O) groups excluding carboxylic acids is 1. The molecule has 0 saturated heterocycles. The molecule has 3 heteroatoms. The van der Waals surface area contributed by atoms with E-state index in [0.717, 1.165) is 21.8 Å². The molecule has 3 aromatic carbocycles. The lowest BCUT2D eigenvalue weighted by Crippen LogP contribution is -2.00. The number of hydrogen-bond donors (Lipinski definition) is 1. The van der Waals surface area contributed by atoms with Gasteiger partial charge in [0.2, 0.25) is 0 Å². The first-order valence-corrected chi connectivity index (χ1v) is 9.03. The van der Waals surface area contributed by atoms with Crippen LogP contribution in [0.5, 0.6) is 0 Å². The van der Waals surface area contributed by atoms with Crippen LogP contribution >= 0.6 is 0 Å². The highest BCUT2D eigenvalue weighted by molar-refractivity contribution is 6.18. The van der Waals surface area contributed by atoms with Gasteiger partial charge >= 0.3 is 0 Å². The van der Waals surface area contributed by atoms with Crippen LogP contribution in [-0.2, 0) is 0 Å². The van der Waals surface area contributed by atoms with E-state index >= 15 is 0 Å². The zero-order valence-electron chi connectivity index (χ0n) is 15.2. The Morgan fingerprint density at radius 1 is 0.852 bits per heavy atom. The molecule has 0 unspecified atom stereocenters. The van der Waals surface area contributed by atoms with Crippen LogP contribution in [0.15, 0.2) is 67.0 Å². The van der Waals surface area contributed by atoms with Crippen molar-refractivity contribution >= 4 is 38.4 Å². The summed E-state index contributed by atoms with van der Waals surface area (Å²) in [7, 11) is 0. The highest BCUT2D eigenvalue weighted by Gasteiger charge is 2.16. The molecule has 0 fully saturated rings. The molecule has 3 nitrogen and oxygen atoms in total. The monoisotopic (exact) mass is 350 g/mol. The number of hydrogen-bond acceptors (Lipinski definition) is 2. The molecule has 2 aromatic heterocycles. The Hall–Kier alpha value is -3.46. The number of nitrogens with one attached hydrogen (secondary N) is 1. The number of aromatic amines is 1. The smallest absolute Gasteiger partial charge is 0.193 e. The predicted octanol–water partition coefficient (Wildman–Crippen LogP) is 5.72. The number of benzene rings is 3. The lowest BCUT2D eigenvalue weighted by atomic mass is 9.95. The van der Waals surface area contributed by atoms with Crippen molar-refractivity contribution in [2.75, 3.05) is 0 Å². The number of pyridine rings is 1. The third-order valence-electron chi connectivity index (χ3n) is 5.48. The summed E-state index contributed by atoms with van der Waals surface area (Å²) in [5, 5.41) is 4.62. The first-order valence-electron chi connectivity index (χ1n) is 9.03. The Kier molecular flexibility index (Phi) is 3.37. The molecule has 0 spiro atoms. The summed E-state index contributed by atoms with van der Waals surface area (Å²) in [4.78, 5) is 20.8. The first kappa shape index (κ1) is 15.8. The van der Waals surface area contributed by atoms with Crippen molar-refractivity contribution in [3.05, 3.63) is 89.2 Å². The topological polar surface area (TPSA) is 45.8 Å². The van der Waals surface area contributed by atoms with Gasteiger partial charge in [0.25, 0.3) is 0 Å². The number of ketones is 1. The van der Waals surface area contributed by atoms with Gasteiger partial charge in [0.05, 0.1) is 5.52 Å². The molecule has 0 aliphatic heterocycles. The summed E-state index contributed by atoms with van der Waals surface area (Å²) in [6.45, 7) is 4.26. The Balaban J connectivity index is 1.82. The van der Waals surface area contributed by atoms with Crippen LogP contribution in [0.2, 0.25) is 0 Å². The van der Waals surface area contributed by atoms with Crippen LogP contribution in [0.25, 0.3) is 32.6 Å². The molecule has 5 rings (SSSR count). The van der Waals surface area contributed by atoms with Crippen LogP contribution in [0.1, 0.15) is 27.0 Å². The molecule has 130 valence electrons. The van der Waals surface area contributed by atoms with Gasteiger partial charge in [-0.15, -0.1) is 0 Å². The summed E-state index contributed by atoms with van der Waals surface area (Å²) in [5.41, 5.74) is 5.99. The van der Waals surface area contributed by atoms with Crippen molar-refractivity contribution in [2.24, 2.45) is 0 Å². The lowest BCUT2D eigenvalue weighted by molar-refractivity contribution is 0.103. The molecule has 0 amide bonds. The van der Waals surface area contributed by atoms with Crippen molar-refractivity contribution in [2.45, 2.75) is 13.8 Å². The summed E-state index contributed by atoms with van der Waals surface area (Å²) in [6, 6.07) is 17.4. The van der Waals surface area contributed by atoms with E-state index in [0.29, 0.717) is 11.1 Å². The second-order valence-corrected chi connectivity index (χ2v) is 7.00. The number of aromatic nitrogens is 2. The molecule has 5 aromatic rings. The standard InChI is InChI=1S/C24H18N2O/c1-14-20-13-25-11-10-18(20)15(2)23-22(14)19-12-17(8-9-21(19)26-23)24(27)16-6-4-3-5-7-16/h3-13,26H,1-2H3. The number of nitrogens with zero attached hydrogens (tertiary/aromatic N) is 1. The van der Waals surface area contributed by atoms with E-state index in [1.165, 1.54) is 21.9 Å². The second kappa shape index (κ2) is 5.78. The van der Waals surface area contributed by atoms with E-state index in [4.69, 9.17) is 0 Å². The van der Waals surface area contributed by atoms with Crippen molar-refractivity contribution < 1.29 is 4.79 Å². The maximum absolute atomic E-state index is 12.9. The number of fused-ring (bicyclic) bond motifs is 4. The molecule has 0 aliphatic rings. The van der Waals surface area contributed by atoms with Crippen molar-refractivity contribution in [3.8, 4) is 0 Å². The molecule has 0 saturated carbocycles. The average Bonchev–Trinajstić information content (AvgIpc) is 3.11. The van der Waals surface area contributed by atoms with Crippen molar-refractivity contribution in [1.29, 1.82) is 0 Å². The third-order valence-corrected chi connectivity index (χ3v) is 5.48. The Morgan fingerprint density at radius 2 is 1.67 bits per heavy atom. The summed E-state index contributed by atoms with van der Waals surface area (Å²) in [6.07, 6.45) is 3.76. The largest absolute Gasteiger partial charge is 0.354 e. The fourth-order valence-electron chi connectivity index (χ4n) is 4.05. The SMILES string of the molecule is Cc1c2ccncc2c(C)c2c1[nH]c1ccc(C(=O)c3ccccc3)cc12. The van der Waals surface area contributed by atoms with Gasteiger partial charge < -0.3 is 4.98 Å². The molecule has 2 heterocycles. The van der Waals surface area contributed by atoms with Crippen LogP contribution in [0, 0.1) is 13.8 Å². The minimum atomic E-state index is 0.0451. The predicted molar refractivity (Wildman–Crippen MR) is 110 cm³/mol.